The fourth-order valence-electron chi connectivity index (χ4n) is 3.37. The molecule has 0 saturated carbocycles. The van der Waals surface area contributed by atoms with Gasteiger partial charge in [0.15, 0.2) is 21.3 Å². The Balaban J connectivity index is 0.00000363. The number of nitrogens with zero attached hydrogens (tertiary/aromatic N) is 1. The number of amides is 2. The van der Waals surface area contributed by atoms with Crippen molar-refractivity contribution in [1.29, 1.82) is 0 Å². The minimum absolute atomic E-state index is 0. The van der Waals surface area contributed by atoms with E-state index in [2.05, 4.69) is 10.1 Å². The smallest absolute Gasteiger partial charge is 0.543 e. The minimum atomic E-state index is -4.16. The fourth-order valence-corrected chi connectivity index (χ4v) is 5.58. The number of ether oxygens (including phenoxy) is 1. The zero-order valence-corrected chi connectivity index (χ0v) is 21.6. The number of nitrogens with one attached hydrogen (secondary N) is 1. The first kappa shape index (κ1) is 26.9. The maximum Gasteiger partial charge on any atom is 1.00 e. The van der Waals surface area contributed by atoms with Crippen LogP contribution in [0, 0.1) is 0 Å². The standard InChI is InChI=1S/C18H17ClN2O9S.K/c1-8(22)30-6-10-7-31(28,29)17-12(16(25)21(17)13(10)18(26)27)20-15(24)14(23)9-3-2-4-11(19)5-9;/h2-5,12,14,17,23H,6-7H2,1H3,(H,20,24)(H,26,27);/q;+1/p-1/t12-,14?,17-;/m0./s1. The number of fused-ring (bicyclic) bond motifs is 1. The Hall–Kier alpha value is -1.32. The van der Waals surface area contributed by atoms with Crippen molar-refractivity contribution < 1.29 is 93.9 Å². The average molecular weight is 511 g/mol. The number of carbonyl (C=O) groups is 4. The molecule has 166 valence electrons. The van der Waals surface area contributed by atoms with Crippen LogP contribution in [-0.4, -0.2) is 66.0 Å². The number of hydrogen-bond donors (Lipinski definition) is 2. The van der Waals surface area contributed by atoms with Gasteiger partial charge in [0.2, 0.25) is 0 Å². The largest absolute Gasteiger partial charge is 1.00 e. The normalized spacial score (nSPS) is 22.1. The van der Waals surface area contributed by atoms with Crippen LogP contribution in [0.1, 0.15) is 18.6 Å². The molecule has 0 aromatic heterocycles. The topological polar surface area (TPSA) is 170 Å². The zero-order chi connectivity index (χ0) is 23.1. The van der Waals surface area contributed by atoms with E-state index in [0.717, 1.165) is 6.92 Å². The number of hydrogen-bond acceptors (Lipinski definition) is 9. The molecule has 2 N–H and O–H groups in total. The average Bonchev–Trinajstić information content (AvgIpc) is 2.68. The Morgan fingerprint density at radius 1 is 1.38 bits per heavy atom. The number of aliphatic hydroxyl groups excluding tert-OH is 1. The third-order valence-corrected chi connectivity index (χ3v) is 6.92. The number of β-lactam (4-membered cyclic amide) rings is 1. The van der Waals surface area contributed by atoms with Crippen molar-refractivity contribution in [2.45, 2.75) is 24.4 Å². The SMILES string of the molecule is CC(=O)OCC1=C(C(=O)[O-])N2C(=O)[C@H](NC(=O)C(O)c3cccc(Cl)c3)[C@@H]2S(=O)(=O)C1.[K+]. The van der Waals surface area contributed by atoms with Crippen LogP contribution in [0.15, 0.2) is 35.5 Å². The molecule has 3 atom stereocenters. The fraction of sp³-hybridized carbons (Fsp3) is 0.333. The van der Waals surface area contributed by atoms with Crippen molar-refractivity contribution in [3.63, 3.8) is 0 Å². The summed E-state index contributed by atoms with van der Waals surface area (Å²) in [5, 5.41) is 22.4. The van der Waals surface area contributed by atoms with Gasteiger partial charge >= 0.3 is 57.4 Å². The molecule has 1 unspecified atom stereocenters. The molecule has 3 rings (SSSR count). The number of carboxylic acid groups (broad SMARTS) is 1. The number of sulfone groups is 1. The summed E-state index contributed by atoms with van der Waals surface area (Å²) in [4.78, 5) is 48.0. The van der Waals surface area contributed by atoms with Gasteiger partial charge in [-0.05, 0) is 17.7 Å². The molecule has 0 spiro atoms. The van der Waals surface area contributed by atoms with E-state index in [1.54, 1.807) is 0 Å². The molecule has 2 aliphatic rings. The Morgan fingerprint density at radius 3 is 2.59 bits per heavy atom. The monoisotopic (exact) mass is 510 g/mol. The van der Waals surface area contributed by atoms with E-state index in [-0.39, 0.29) is 67.5 Å². The van der Waals surface area contributed by atoms with Gasteiger partial charge in [0.1, 0.15) is 12.6 Å². The van der Waals surface area contributed by atoms with Crippen LogP contribution in [0.3, 0.4) is 0 Å². The van der Waals surface area contributed by atoms with Crippen molar-refractivity contribution in [2.24, 2.45) is 0 Å². The van der Waals surface area contributed by atoms with Gasteiger partial charge in [0.05, 0.1) is 17.4 Å². The van der Waals surface area contributed by atoms with Gasteiger partial charge in [-0.3, -0.25) is 19.3 Å². The summed E-state index contributed by atoms with van der Waals surface area (Å²) in [6, 6.07) is 4.10. The Labute approximate surface area is 230 Å². The molecular weight excluding hydrogens is 495 g/mol. The second-order valence-corrected chi connectivity index (χ2v) is 9.40. The van der Waals surface area contributed by atoms with Gasteiger partial charge in [-0.2, -0.15) is 0 Å². The second kappa shape index (κ2) is 10.3. The van der Waals surface area contributed by atoms with E-state index in [1.165, 1.54) is 24.3 Å². The number of rotatable bonds is 6. The maximum atomic E-state index is 12.7. The predicted molar refractivity (Wildman–Crippen MR) is 101 cm³/mol. The quantitative estimate of drug-likeness (QED) is 0.216. The van der Waals surface area contributed by atoms with E-state index >= 15 is 0 Å². The molecule has 2 amide bonds. The van der Waals surface area contributed by atoms with E-state index < -0.39 is 69.2 Å². The predicted octanol–water partition coefficient (Wildman–Crippen LogP) is -4.97. The summed E-state index contributed by atoms with van der Waals surface area (Å²) >= 11 is 5.81. The molecule has 2 aliphatic heterocycles. The summed E-state index contributed by atoms with van der Waals surface area (Å²) < 4.78 is 30.0. The van der Waals surface area contributed by atoms with Crippen LogP contribution in [0.2, 0.25) is 5.02 Å². The van der Waals surface area contributed by atoms with Crippen molar-refractivity contribution in [2.75, 3.05) is 12.4 Å². The van der Waals surface area contributed by atoms with E-state index in [4.69, 9.17) is 11.6 Å². The number of aliphatic carboxylic acids is 1. The summed E-state index contributed by atoms with van der Waals surface area (Å²) in [5.41, 5.74) is -0.949. The molecule has 11 nitrogen and oxygen atoms in total. The molecular formula is C18H16ClKN2O9S. The van der Waals surface area contributed by atoms with Crippen LogP contribution in [0.25, 0.3) is 0 Å². The van der Waals surface area contributed by atoms with Crippen LogP contribution >= 0.6 is 11.6 Å². The van der Waals surface area contributed by atoms with Crippen molar-refractivity contribution >= 4 is 45.2 Å². The molecule has 14 heteroatoms. The van der Waals surface area contributed by atoms with Crippen molar-refractivity contribution in [1.82, 2.24) is 10.2 Å². The van der Waals surface area contributed by atoms with Crippen molar-refractivity contribution in [3.8, 4) is 0 Å². The first-order valence-electron chi connectivity index (χ1n) is 8.79. The molecule has 0 bridgehead atoms. The third kappa shape index (κ3) is 5.25. The zero-order valence-electron chi connectivity index (χ0n) is 16.9. The first-order valence-corrected chi connectivity index (χ1v) is 10.9. The number of halogens is 1. The van der Waals surface area contributed by atoms with Crippen LogP contribution in [0.5, 0.6) is 0 Å². The number of carbonyl (C=O) groups excluding carboxylic acids is 4. The second-order valence-electron chi connectivity index (χ2n) is 6.87. The van der Waals surface area contributed by atoms with Crippen LogP contribution < -0.4 is 61.8 Å². The molecule has 1 aromatic carbocycles. The Kier molecular flexibility index (Phi) is 8.67. The van der Waals surface area contributed by atoms with E-state index in [0.29, 0.717) is 4.90 Å². The summed E-state index contributed by atoms with van der Waals surface area (Å²) in [6.07, 6.45) is -1.75. The number of aliphatic hydroxyl groups is 1. The number of carboxylic acids is 1. The van der Waals surface area contributed by atoms with Gasteiger partial charge < -0.3 is 25.1 Å². The molecule has 1 saturated heterocycles. The summed E-state index contributed by atoms with van der Waals surface area (Å²) in [7, 11) is -4.16. The van der Waals surface area contributed by atoms with Gasteiger partial charge in [0.25, 0.3) is 11.8 Å². The molecule has 0 aliphatic carbocycles. The van der Waals surface area contributed by atoms with Crippen LogP contribution in [0.4, 0.5) is 0 Å². The molecule has 1 aromatic rings. The van der Waals surface area contributed by atoms with Gasteiger partial charge in [-0.25, -0.2) is 8.42 Å². The summed E-state index contributed by atoms with van der Waals surface area (Å²) in [6.45, 7) is 0.393. The number of esters is 1. The maximum absolute atomic E-state index is 12.7. The molecule has 2 heterocycles. The van der Waals surface area contributed by atoms with Gasteiger partial charge in [0, 0.05) is 17.5 Å². The molecule has 32 heavy (non-hydrogen) atoms. The van der Waals surface area contributed by atoms with Gasteiger partial charge in [-0.1, -0.05) is 23.7 Å². The van der Waals surface area contributed by atoms with Crippen molar-refractivity contribution in [3.05, 3.63) is 46.1 Å². The molecule has 0 radical (unpaired) electrons. The summed E-state index contributed by atoms with van der Waals surface area (Å²) in [5.74, 6) is -5.53. The minimum Gasteiger partial charge on any atom is -0.543 e. The number of benzene rings is 1. The van der Waals surface area contributed by atoms with E-state index in [9.17, 15) is 37.8 Å². The first-order chi connectivity index (χ1) is 14.4. The van der Waals surface area contributed by atoms with Gasteiger partial charge in [-0.15, -0.1) is 0 Å². The Morgan fingerprint density at radius 2 is 2.03 bits per heavy atom. The molecule has 1 fully saturated rings. The third-order valence-electron chi connectivity index (χ3n) is 4.72. The van der Waals surface area contributed by atoms with Crippen LogP contribution in [-0.2, 0) is 33.8 Å². The Bertz CT molecular complexity index is 1120. The van der Waals surface area contributed by atoms with E-state index in [1.807, 2.05) is 0 Å².